The summed E-state index contributed by atoms with van der Waals surface area (Å²) in [6.07, 6.45) is 9.04. The molecule has 0 aliphatic carbocycles. The zero-order valence-electron chi connectivity index (χ0n) is 15.5. The fourth-order valence-corrected chi connectivity index (χ4v) is 4.16. The maximum absolute atomic E-state index is 12.7. The lowest BCUT2D eigenvalue weighted by molar-refractivity contribution is -0.0963. The molecule has 2 aromatic heterocycles. The first kappa shape index (κ1) is 17.1. The van der Waals surface area contributed by atoms with Gasteiger partial charge in [0.2, 0.25) is 0 Å². The normalized spacial score (nSPS) is 18.1. The summed E-state index contributed by atoms with van der Waals surface area (Å²) < 4.78 is 8.22. The zero-order valence-corrected chi connectivity index (χ0v) is 15.5. The Bertz CT molecular complexity index is 979. The summed E-state index contributed by atoms with van der Waals surface area (Å²) in [5.41, 5.74) is 3.43. The van der Waals surface area contributed by atoms with E-state index in [1.54, 1.807) is 12.4 Å². The van der Waals surface area contributed by atoms with Crippen molar-refractivity contribution in [3.63, 3.8) is 0 Å². The van der Waals surface area contributed by atoms with E-state index in [1.165, 1.54) is 11.9 Å². The average molecular weight is 375 g/mol. The fourth-order valence-electron chi connectivity index (χ4n) is 4.16. The number of ether oxygens (including phenoxy) is 1. The van der Waals surface area contributed by atoms with Gasteiger partial charge in [-0.1, -0.05) is 18.2 Å². The number of fused-ring (bicyclic) bond motifs is 2. The van der Waals surface area contributed by atoms with Crippen molar-refractivity contribution in [1.29, 1.82) is 0 Å². The number of nitrogens with zero attached hydrogens (tertiary/aromatic N) is 5. The maximum Gasteiger partial charge on any atom is 0.256 e. The summed E-state index contributed by atoms with van der Waals surface area (Å²) in [6.45, 7) is 1.95. The van der Waals surface area contributed by atoms with Crippen molar-refractivity contribution in [1.82, 2.24) is 24.6 Å². The lowest BCUT2D eigenvalue weighted by atomic mass is 9.83. The Balaban J connectivity index is 1.38. The molecule has 7 nitrogen and oxygen atoms in total. The number of likely N-dealkylation sites (tertiary alicyclic amines) is 1. The molecule has 7 heteroatoms. The lowest BCUT2D eigenvalue weighted by Gasteiger charge is -2.42. The fraction of sp³-hybridized carbons (Fsp3) is 0.333. The molecule has 0 N–H and O–H groups in total. The second kappa shape index (κ2) is 6.83. The molecule has 0 atom stereocenters. The van der Waals surface area contributed by atoms with Crippen LogP contribution in [0.15, 0.2) is 55.2 Å². The molecule has 5 rings (SSSR count). The molecule has 0 radical (unpaired) electrons. The van der Waals surface area contributed by atoms with Crippen LogP contribution in [0.25, 0.3) is 5.69 Å². The molecule has 1 spiro atoms. The van der Waals surface area contributed by atoms with Crippen LogP contribution in [0.3, 0.4) is 0 Å². The van der Waals surface area contributed by atoms with E-state index in [1.807, 2.05) is 27.8 Å². The van der Waals surface area contributed by atoms with Crippen molar-refractivity contribution in [2.45, 2.75) is 24.9 Å². The Hall–Kier alpha value is -3.06. The van der Waals surface area contributed by atoms with Crippen LogP contribution in [0.2, 0.25) is 0 Å². The van der Waals surface area contributed by atoms with E-state index in [9.17, 15) is 4.79 Å². The van der Waals surface area contributed by atoms with Gasteiger partial charge in [0, 0.05) is 31.7 Å². The second-order valence-corrected chi connectivity index (χ2v) is 7.30. The highest BCUT2D eigenvalue weighted by Gasteiger charge is 2.44. The largest absolute Gasteiger partial charge is 0.368 e. The average Bonchev–Trinajstić information content (AvgIpc) is 3.21. The summed E-state index contributed by atoms with van der Waals surface area (Å²) in [6, 6.07) is 10.1. The van der Waals surface area contributed by atoms with Gasteiger partial charge < -0.3 is 9.64 Å². The number of benzene rings is 1. The Morgan fingerprint density at radius 3 is 2.57 bits per heavy atom. The van der Waals surface area contributed by atoms with E-state index in [2.05, 4.69) is 28.3 Å². The molecule has 2 aliphatic heterocycles. The summed E-state index contributed by atoms with van der Waals surface area (Å²) in [7, 11) is 0. The van der Waals surface area contributed by atoms with Gasteiger partial charge in [0.05, 0.1) is 23.6 Å². The van der Waals surface area contributed by atoms with Crippen LogP contribution in [0.1, 0.15) is 34.5 Å². The molecule has 1 fully saturated rings. The van der Waals surface area contributed by atoms with E-state index in [4.69, 9.17) is 9.84 Å². The van der Waals surface area contributed by atoms with Crippen LogP contribution in [-0.4, -0.2) is 50.3 Å². The van der Waals surface area contributed by atoms with Crippen LogP contribution >= 0.6 is 0 Å². The molecular formula is C21H21N5O2. The van der Waals surface area contributed by atoms with Gasteiger partial charge in [-0.3, -0.25) is 4.79 Å². The molecular weight excluding hydrogens is 354 g/mol. The van der Waals surface area contributed by atoms with Gasteiger partial charge >= 0.3 is 0 Å². The third kappa shape index (κ3) is 2.88. The molecule has 28 heavy (non-hydrogen) atoms. The molecule has 0 saturated carbocycles. The number of amides is 1. The van der Waals surface area contributed by atoms with Gasteiger partial charge in [-0.05, 0) is 37.0 Å². The Labute approximate surface area is 163 Å². The van der Waals surface area contributed by atoms with Crippen molar-refractivity contribution in [2.24, 2.45) is 0 Å². The number of rotatable bonds is 2. The van der Waals surface area contributed by atoms with Gasteiger partial charge in [0.1, 0.15) is 11.9 Å². The molecule has 0 unspecified atom stereocenters. The van der Waals surface area contributed by atoms with Crippen LogP contribution in [0, 0.1) is 0 Å². The van der Waals surface area contributed by atoms with Gasteiger partial charge in [0.15, 0.2) is 0 Å². The highest BCUT2D eigenvalue weighted by atomic mass is 16.5. The number of carbonyl (C=O) groups is 1. The van der Waals surface area contributed by atoms with Crippen LogP contribution < -0.4 is 0 Å². The van der Waals surface area contributed by atoms with Crippen molar-refractivity contribution < 1.29 is 9.53 Å². The third-order valence-corrected chi connectivity index (χ3v) is 5.66. The van der Waals surface area contributed by atoms with Gasteiger partial charge in [-0.15, -0.1) is 0 Å². The minimum atomic E-state index is -0.405. The summed E-state index contributed by atoms with van der Waals surface area (Å²) in [5.74, 6) is -0.0266. The van der Waals surface area contributed by atoms with Gasteiger partial charge in [-0.2, -0.15) is 5.10 Å². The van der Waals surface area contributed by atoms with Crippen molar-refractivity contribution in [3.8, 4) is 5.69 Å². The minimum Gasteiger partial charge on any atom is -0.368 e. The summed E-state index contributed by atoms with van der Waals surface area (Å²) in [5, 5.41) is 4.89. The van der Waals surface area contributed by atoms with Gasteiger partial charge in [-0.25, -0.2) is 14.6 Å². The molecule has 4 heterocycles. The first-order valence-corrected chi connectivity index (χ1v) is 9.58. The van der Waals surface area contributed by atoms with E-state index in [-0.39, 0.29) is 5.91 Å². The zero-order chi connectivity index (χ0) is 19.0. The number of aromatic nitrogens is 4. The van der Waals surface area contributed by atoms with Crippen molar-refractivity contribution in [2.75, 3.05) is 19.7 Å². The number of para-hydroxylation sites is 1. The Morgan fingerprint density at radius 1 is 1.07 bits per heavy atom. The van der Waals surface area contributed by atoms with Crippen LogP contribution in [-0.2, 0) is 16.8 Å². The summed E-state index contributed by atoms with van der Waals surface area (Å²) >= 11 is 0. The maximum atomic E-state index is 12.7. The quantitative estimate of drug-likeness (QED) is 0.688. The first-order valence-electron chi connectivity index (χ1n) is 9.58. The van der Waals surface area contributed by atoms with E-state index < -0.39 is 5.60 Å². The highest BCUT2D eigenvalue weighted by Crippen LogP contribution is 2.41. The number of carbonyl (C=O) groups excluding carboxylic acids is 1. The highest BCUT2D eigenvalue weighted by molar-refractivity contribution is 5.93. The number of hydrogen-bond donors (Lipinski definition) is 0. The van der Waals surface area contributed by atoms with Crippen LogP contribution in [0.5, 0.6) is 0 Å². The molecule has 0 bridgehead atoms. The summed E-state index contributed by atoms with van der Waals surface area (Å²) in [4.78, 5) is 22.4. The molecule has 3 aromatic rings. The first-order chi connectivity index (χ1) is 13.8. The van der Waals surface area contributed by atoms with Gasteiger partial charge in [0.25, 0.3) is 5.91 Å². The van der Waals surface area contributed by atoms with E-state index >= 15 is 0 Å². The standard InChI is InChI=1S/C21H21N5O2/c27-20(17-12-22-15-23-13-17)25-9-7-21(8-10-25)19-16(6-11-28-21)14-26(24-19)18-4-2-1-3-5-18/h1-5,12-15H,6-11H2. The molecule has 1 saturated heterocycles. The smallest absolute Gasteiger partial charge is 0.256 e. The van der Waals surface area contributed by atoms with Crippen molar-refractivity contribution in [3.05, 3.63) is 72.1 Å². The number of piperidine rings is 1. The second-order valence-electron chi connectivity index (χ2n) is 7.30. The molecule has 2 aliphatic rings. The molecule has 142 valence electrons. The molecule has 1 aromatic carbocycles. The monoisotopic (exact) mass is 375 g/mol. The third-order valence-electron chi connectivity index (χ3n) is 5.66. The molecule has 1 amide bonds. The SMILES string of the molecule is O=C(c1cncnc1)N1CCC2(CC1)OCCc1cn(-c3ccccc3)nc12. The lowest BCUT2D eigenvalue weighted by Crippen LogP contribution is -2.48. The topological polar surface area (TPSA) is 73.1 Å². The van der Waals surface area contributed by atoms with E-state index in [0.717, 1.165) is 30.6 Å². The van der Waals surface area contributed by atoms with Crippen molar-refractivity contribution >= 4 is 5.91 Å². The number of hydrogen-bond acceptors (Lipinski definition) is 5. The predicted octanol–water partition coefficient (Wildman–Crippen LogP) is 2.37. The Kier molecular flexibility index (Phi) is 4.16. The van der Waals surface area contributed by atoms with Crippen LogP contribution in [0.4, 0.5) is 0 Å². The minimum absolute atomic E-state index is 0.0266. The van der Waals surface area contributed by atoms with E-state index in [0.29, 0.717) is 25.3 Å². The predicted molar refractivity (Wildman–Crippen MR) is 102 cm³/mol. The Morgan fingerprint density at radius 2 is 1.82 bits per heavy atom.